The highest BCUT2D eigenvalue weighted by atomic mass is 32.2. The van der Waals surface area contributed by atoms with Crippen molar-refractivity contribution in [2.75, 3.05) is 13.1 Å². The predicted molar refractivity (Wildman–Crippen MR) is 121 cm³/mol. The van der Waals surface area contributed by atoms with E-state index in [2.05, 4.69) is 4.72 Å². The minimum Gasteiger partial charge on any atom is -0.373 e. The lowest BCUT2D eigenvalue weighted by Gasteiger charge is -2.34. The Labute approximate surface area is 183 Å². The van der Waals surface area contributed by atoms with Crippen molar-refractivity contribution >= 4 is 10.2 Å². The summed E-state index contributed by atoms with van der Waals surface area (Å²) in [5.74, 6) is 0. The second kappa shape index (κ2) is 9.32. The molecule has 0 amide bonds. The molecule has 1 aliphatic rings. The molecule has 0 radical (unpaired) electrons. The number of aromatic nitrogens is 2. The lowest BCUT2D eigenvalue weighted by atomic mass is 10.1. The van der Waals surface area contributed by atoms with E-state index in [1.165, 1.54) is 4.31 Å². The summed E-state index contributed by atoms with van der Waals surface area (Å²) < 4.78 is 37.6. The Morgan fingerprint density at radius 2 is 1.61 bits per heavy atom. The first-order valence-corrected chi connectivity index (χ1v) is 11.9. The predicted octanol–water partition coefficient (Wildman–Crippen LogP) is 3.04. The molecule has 7 nitrogen and oxygen atoms in total. The van der Waals surface area contributed by atoms with Gasteiger partial charge in [-0.25, -0.2) is 0 Å². The van der Waals surface area contributed by atoms with Crippen LogP contribution in [-0.4, -0.2) is 47.8 Å². The monoisotopic (exact) mass is 440 g/mol. The van der Waals surface area contributed by atoms with Gasteiger partial charge in [-0.3, -0.25) is 4.68 Å². The van der Waals surface area contributed by atoms with Crippen molar-refractivity contribution in [3.8, 4) is 11.3 Å². The van der Waals surface area contributed by atoms with Crippen LogP contribution in [0, 0.1) is 0 Å². The van der Waals surface area contributed by atoms with Crippen molar-refractivity contribution in [3.05, 3.63) is 78.0 Å². The molecule has 0 saturated carbocycles. The topological polar surface area (TPSA) is 76.5 Å². The van der Waals surface area contributed by atoms with Crippen LogP contribution in [0.25, 0.3) is 11.3 Å². The van der Waals surface area contributed by atoms with E-state index >= 15 is 0 Å². The second-order valence-electron chi connectivity index (χ2n) is 7.95. The minimum absolute atomic E-state index is 0.131. The SMILES string of the molecule is CC1CN(S(=O)(=O)NCc2cn(Cc3ccccc3)nc2-c2ccccc2)CC(C)O1. The smallest absolute Gasteiger partial charge is 0.279 e. The summed E-state index contributed by atoms with van der Waals surface area (Å²) in [6.07, 6.45) is 1.66. The van der Waals surface area contributed by atoms with Gasteiger partial charge in [0.15, 0.2) is 0 Å². The fraction of sp³-hybridized carbons (Fsp3) is 0.348. The van der Waals surface area contributed by atoms with Crippen LogP contribution in [-0.2, 0) is 28.0 Å². The van der Waals surface area contributed by atoms with Crippen LogP contribution in [0.4, 0.5) is 0 Å². The van der Waals surface area contributed by atoms with E-state index in [0.717, 1.165) is 22.4 Å². The van der Waals surface area contributed by atoms with Crippen LogP contribution in [0.2, 0.25) is 0 Å². The minimum atomic E-state index is -3.63. The second-order valence-corrected chi connectivity index (χ2v) is 9.71. The highest BCUT2D eigenvalue weighted by Gasteiger charge is 2.31. The molecular formula is C23H28N4O3S. The van der Waals surface area contributed by atoms with Crippen molar-refractivity contribution in [1.82, 2.24) is 18.8 Å². The van der Waals surface area contributed by atoms with Gasteiger partial charge in [-0.2, -0.15) is 22.5 Å². The Kier molecular flexibility index (Phi) is 6.52. The van der Waals surface area contributed by atoms with Gasteiger partial charge in [-0.15, -0.1) is 0 Å². The first-order chi connectivity index (χ1) is 14.9. The van der Waals surface area contributed by atoms with Gasteiger partial charge in [0.1, 0.15) is 0 Å². The lowest BCUT2D eigenvalue weighted by molar-refractivity contribution is -0.0444. The van der Waals surface area contributed by atoms with Crippen LogP contribution in [0.5, 0.6) is 0 Å². The Bertz CT molecular complexity index is 1090. The molecule has 0 bridgehead atoms. The number of hydrogen-bond donors (Lipinski definition) is 1. The number of nitrogens with zero attached hydrogens (tertiary/aromatic N) is 3. The van der Waals surface area contributed by atoms with Crippen molar-refractivity contribution in [1.29, 1.82) is 0 Å². The van der Waals surface area contributed by atoms with Crippen molar-refractivity contribution < 1.29 is 13.2 Å². The van der Waals surface area contributed by atoms with E-state index in [-0.39, 0.29) is 18.8 Å². The fourth-order valence-corrected chi connectivity index (χ4v) is 5.20. The zero-order chi connectivity index (χ0) is 21.8. The normalized spacial score (nSPS) is 20.1. The summed E-state index contributed by atoms with van der Waals surface area (Å²) in [6.45, 7) is 5.25. The van der Waals surface area contributed by atoms with Crippen molar-refractivity contribution in [3.63, 3.8) is 0 Å². The van der Waals surface area contributed by atoms with E-state index in [0.29, 0.717) is 19.6 Å². The van der Waals surface area contributed by atoms with Crippen LogP contribution in [0.3, 0.4) is 0 Å². The molecule has 1 N–H and O–H groups in total. The summed E-state index contributed by atoms with van der Waals surface area (Å²) in [5.41, 5.74) is 3.70. The molecule has 4 rings (SSSR count). The van der Waals surface area contributed by atoms with Crippen molar-refractivity contribution in [2.24, 2.45) is 0 Å². The molecule has 0 spiro atoms. The Morgan fingerprint density at radius 1 is 1.00 bits per heavy atom. The fourth-order valence-electron chi connectivity index (χ4n) is 3.87. The highest BCUT2D eigenvalue weighted by molar-refractivity contribution is 7.87. The maximum Gasteiger partial charge on any atom is 0.279 e. The van der Waals surface area contributed by atoms with Crippen LogP contribution >= 0.6 is 0 Å². The molecule has 31 heavy (non-hydrogen) atoms. The van der Waals surface area contributed by atoms with Crippen LogP contribution < -0.4 is 4.72 Å². The summed E-state index contributed by atoms with van der Waals surface area (Å²) in [5, 5.41) is 4.76. The molecule has 3 aromatic rings. The third-order valence-electron chi connectivity index (χ3n) is 5.24. The van der Waals surface area contributed by atoms with Gasteiger partial charge in [0.05, 0.1) is 24.4 Å². The van der Waals surface area contributed by atoms with E-state index < -0.39 is 10.2 Å². The van der Waals surface area contributed by atoms with Gasteiger partial charge in [-0.1, -0.05) is 60.7 Å². The Hall–Kier alpha value is -2.52. The first-order valence-electron chi connectivity index (χ1n) is 10.5. The summed E-state index contributed by atoms with van der Waals surface area (Å²) in [7, 11) is -3.63. The van der Waals surface area contributed by atoms with Crippen LogP contribution in [0.1, 0.15) is 25.0 Å². The molecule has 1 aliphatic heterocycles. The third kappa shape index (κ3) is 5.40. The van der Waals surface area contributed by atoms with E-state index in [4.69, 9.17) is 9.84 Å². The highest BCUT2D eigenvalue weighted by Crippen LogP contribution is 2.23. The van der Waals surface area contributed by atoms with Gasteiger partial charge in [0.2, 0.25) is 0 Å². The maximum atomic E-state index is 12.9. The standard InChI is InChI=1S/C23H28N4O3S/c1-18-14-27(15-19(2)30-18)31(28,29)24-13-22-17-26(16-20-9-5-3-6-10-20)25-23(22)21-11-7-4-8-12-21/h3-12,17-19,24H,13-16H2,1-2H3. The number of nitrogens with one attached hydrogen (secondary N) is 1. The number of morpholine rings is 1. The van der Waals surface area contributed by atoms with Gasteiger partial charge < -0.3 is 4.74 Å². The van der Waals surface area contributed by atoms with Gasteiger partial charge in [0, 0.05) is 37.0 Å². The average molecular weight is 441 g/mol. The van der Waals surface area contributed by atoms with Gasteiger partial charge in [-0.05, 0) is 19.4 Å². The zero-order valence-corrected chi connectivity index (χ0v) is 18.6. The molecule has 1 saturated heterocycles. The third-order valence-corrected chi connectivity index (χ3v) is 6.73. The zero-order valence-electron chi connectivity index (χ0n) is 17.8. The quantitative estimate of drug-likeness (QED) is 0.613. The number of benzene rings is 2. The van der Waals surface area contributed by atoms with Crippen molar-refractivity contribution in [2.45, 2.75) is 39.1 Å². The molecule has 2 aromatic carbocycles. The number of ether oxygens (including phenoxy) is 1. The Balaban J connectivity index is 1.56. The molecule has 2 heterocycles. The largest absolute Gasteiger partial charge is 0.373 e. The first kappa shape index (κ1) is 21.7. The number of rotatable bonds is 7. The van der Waals surface area contributed by atoms with E-state index in [9.17, 15) is 8.42 Å². The van der Waals surface area contributed by atoms with Crippen LogP contribution in [0.15, 0.2) is 66.9 Å². The average Bonchev–Trinajstić information content (AvgIpc) is 3.16. The summed E-state index contributed by atoms with van der Waals surface area (Å²) >= 11 is 0. The molecule has 1 fully saturated rings. The molecule has 2 unspecified atom stereocenters. The lowest BCUT2D eigenvalue weighted by Crippen LogP contribution is -2.51. The summed E-state index contributed by atoms with van der Waals surface area (Å²) in [4.78, 5) is 0. The summed E-state index contributed by atoms with van der Waals surface area (Å²) in [6, 6.07) is 19.9. The molecular weight excluding hydrogens is 412 g/mol. The molecule has 0 aliphatic carbocycles. The molecule has 2 atom stereocenters. The molecule has 1 aromatic heterocycles. The maximum absolute atomic E-state index is 12.9. The van der Waals surface area contributed by atoms with Gasteiger partial charge in [0.25, 0.3) is 10.2 Å². The van der Waals surface area contributed by atoms with E-state index in [1.54, 1.807) is 0 Å². The van der Waals surface area contributed by atoms with E-state index in [1.807, 2.05) is 85.4 Å². The van der Waals surface area contributed by atoms with Gasteiger partial charge >= 0.3 is 0 Å². The molecule has 8 heteroatoms. The molecule has 164 valence electrons. The number of hydrogen-bond acceptors (Lipinski definition) is 4. The Morgan fingerprint density at radius 3 is 2.26 bits per heavy atom.